The molecule has 1 aliphatic heterocycles. The second kappa shape index (κ2) is 9.84. The van der Waals surface area contributed by atoms with Crippen LogP contribution < -0.4 is 9.64 Å². The number of aryl methyl sites for hydroxylation is 1. The maximum Gasteiger partial charge on any atom is 0.416 e. The Morgan fingerprint density at radius 3 is 2.78 bits per heavy atom. The van der Waals surface area contributed by atoms with Crippen LogP contribution in [0.1, 0.15) is 16.7 Å². The fraction of sp³-hybridized carbons (Fsp3) is 0.280. The van der Waals surface area contributed by atoms with Crippen LogP contribution in [0.25, 0.3) is 17.1 Å². The first-order chi connectivity index (χ1) is 17.1. The minimum absolute atomic E-state index is 0.0131. The number of alkyl halides is 3. The fourth-order valence-corrected chi connectivity index (χ4v) is 3.87. The smallest absolute Gasteiger partial charge is 0.416 e. The van der Waals surface area contributed by atoms with Crippen molar-refractivity contribution in [3.05, 3.63) is 65.4 Å². The number of amides is 2. The van der Waals surface area contributed by atoms with Gasteiger partial charge in [-0.25, -0.2) is 9.78 Å². The van der Waals surface area contributed by atoms with Gasteiger partial charge in [0, 0.05) is 36.6 Å². The number of cyclic esters (lactones) is 1. The van der Waals surface area contributed by atoms with Gasteiger partial charge in [0.2, 0.25) is 11.8 Å². The molecule has 36 heavy (non-hydrogen) atoms. The van der Waals surface area contributed by atoms with Gasteiger partial charge in [0.05, 0.1) is 36.8 Å². The van der Waals surface area contributed by atoms with E-state index in [0.29, 0.717) is 22.5 Å². The van der Waals surface area contributed by atoms with E-state index in [4.69, 9.17) is 9.47 Å². The molecule has 2 amide bonds. The van der Waals surface area contributed by atoms with Gasteiger partial charge in [0.25, 0.3) is 0 Å². The van der Waals surface area contributed by atoms with Crippen molar-refractivity contribution in [3.8, 4) is 5.88 Å². The van der Waals surface area contributed by atoms with Gasteiger partial charge >= 0.3 is 12.3 Å². The lowest BCUT2D eigenvalue weighted by Crippen LogP contribution is -2.35. The van der Waals surface area contributed by atoms with Crippen LogP contribution in [0, 0.1) is 6.92 Å². The average molecular weight is 500 g/mol. The van der Waals surface area contributed by atoms with Crippen molar-refractivity contribution in [2.45, 2.75) is 19.2 Å². The monoisotopic (exact) mass is 500 g/mol. The average Bonchev–Trinajstić information content (AvgIpc) is 3.21. The summed E-state index contributed by atoms with van der Waals surface area (Å²) >= 11 is 0. The van der Waals surface area contributed by atoms with Crippen LogP contribution in [0.2, 0.25) is 0 Å². The molecular weight excluding hydrogens is 477 g/mol. The molecule has 0 bridgehead atoms. The number of aromatic nitrogens is 2. The molecule has 0 radical (unpaired) electrons. The zero-order chi connectivity index (χ0) is 26.0. The molecule has 0 unspecified atom stereocenters. The van der Waals surface area contributed by atoms with Crippen molar-refractivity contribution in [2.24, 2.45) is 0 Å². The van der Waals surface area contributed by atoms with Crippen LogP contribution >= 0.6 is 0 Å². The Bertz CT molecular complexity index is 1340. The molecule has 1 saturated heterocycles. The summed E-state index contributed by atoms with van der Waals surface area (Å²) < 4.78 is 50.3. The first-order valence-corrected chi connectivity index (χ1v) is 11.0. The molecule has 2 aromatic heterocycles. The molecule has 11 heteroatoms. The highest BCUT2D eigenvalue weighted by atomic mass is 19.4. The third-order valence-corrected chi connectivity index (χ3v) is 5.77. The van der Waals surface area contributed by atoms with Crippen LogP contribution in [0.4, 0.5) is 23.7 Å². The van der Waals surface area contributed by atoms with Gasteiger partial charge in [-0.15, -0.1) is 0 Å². The Morgan fingerprint density at radius 2 is 2.06 bits per heavy atom. The molecule has 0 spiro atoms. The SMILES string of the molecule is COc1ccc2nccc(C=CC(=O)N(C)C[C@@H]3CN(c4ccc(C)c(C(F)(F)F)c4)C(=O)O3)c2n1. The number of ether oxygens (including phenoxy) is 2. The Morgan fingerprint density at radius 1 is 1.28 bits per heavy atom. The zero-order valence-corrected chi connectivity index (χ0v) is 19.7. The first kappa shape index (κ1) is 25.0. The minimum atomic E-state index is -4.54. The minimum Gasteiger partial charge on any atom is -0.481 e. The number of benzene rings is 1. The van der Waals surface area contributed by atoms with Gasteiger partial charge in [-0.1, -0.05) is 6.07 Å². The van der Waals surface area contributed by atoms with Crippen molar-refractivity contribution in [1.82, 2.24) is 14.9 Å². The van der Waals surface area contributed by atoms with Crippen molar-refractivity contribution < 1.29 is 32.2 Å². The number of rotatable bonds is 6. The predicted octanol–water partition coefficient (Wildman–Crippen LogP) is 4.46. The lowest BCUT2D eigenvalue weighted by Gasteiger charge is -2.19. The normalized spacial score (nSPS) is 16.0. The van der Waals surface area contributed by atoms with Gasteiger partial charge in [-0.3, -0.25) is 14.7 Å². The maximum absolute atomic E-state index is 13.3. The van der Waals surface area contributed by atoms with Crippen molar-refractivity contribution in [2.75, 3.05) is 32.1 Å². The molecule has 3 heterocycles. The number of methoxy groups -OCH3 is 1. The summed E-state index contributed by atoms with van der Waals surface area (Å²) in [5, 5.41) is 0. The zero-order valence-electron chi connectivity index (χ0n) is 19.7. The number of halogens is 3. The first-order valence-electron chi connectivity index (χ1n) is 11.0. The molecule has 0 aliphatic carbocycles. The van der Waals surface area contributed by atoms with Crippen molar-refractivity contribution >= 4 is 34.8 Å². The van der Waals surface area contributed by atoms with E-state index >= 15 is 0 Å². The number of likely N-dealkylation sites (N-methyl/N-ethyl adjacent to an activating group) is 1. The third-order valence-electron chi connectivity index (χ3n) is 5.77. The van der Waals surface area contributed by atoms with Crippen LogP contribution in [0.3, 0.4) is 0 Å². The van der Waals surface area contributed by atoms with Crippen LogP contribution in [-0.4, -0.2) is 60.2 Å². The summed E-state index contributed by atoms with van der Waals surface area (Å²) in [4.78, 5) is 36.2. The number of fused-ring (bicyclic) bond motifs is 1. The molecule has 8 nitrogen and oxygen atoms in total. The number of carbonyl (C=O) groups excluding carboxylic acids is 2. The summed E-state index contributed by atoms with van der Waals surface area (Å²) in [6.45, 7) is 1.43. The molecule has 0 N–H and O–H groups in total. The Labute approximate surface area is 204 Å². The van der Waals surface area contributed by atoms with E-state index in [1.54, 1.807) is 37.5 Å². The molecule has 1 fully saturated rings. The van der Waals surface area contributed by atoms with Crippen LogP contribution in [-0.2, 0) is 15.7 Å². The molecule has 1 aromatic carbocycles. The number of anilines is 1. The van der Waals surface area contributed by atoms with E-state index in [1.165, 1.54) is 37.1 Å². The standard InChI is InChI=1S/C25H23F3N4O4/c1-15-4-6-17(12-19(15)25(26,27)28)32-14-18(36-24(32)34)13-31(2)22(33)9-5-16-10-11-29-20-7-8-21(35-3)30-23(16)20/h4-12,18H,13-14H2,1-3H3/t18-/m1/s1. The van der Waals surface area contributed by atoms with E-state index in [1.807, 2.05) is 0 Å². The fourth-order valence-electron chi connectivity index (χ4n) is 3.87. The second-order valence-corrected chi connectivity index (χ2v) is 8.29. The second-order valence-electron chi connectivity index (χ2n) is 8.29. The van der Waals surface area contributed by atoms with E-state index in [-0.39, 0.29) is 30.2 Å². The van der Waals surface area contributed by atoms with Crippen molar-refractivity contribution in [1.29, 1.82) is 0 Å². The highest BCUT2D eigenvalue weighted by Gasteiger charge is 2.37. The highest BCUT2D eigenvalue weighted by molar-refractivity contribution is 5.95. The maximum atomic E-state index is 13.3. The molecule has 188 valence electrons. The summed E-state index contributed by atoms with van der Waals surface area (Å²) in [5.74, 6) is 0.0594. The third kappa shape index (κ3) is 5.24. The number of hydrogen-bond donors (Lipinski definition) is 0. The van der Waals surface area contributed by atoms with Crippen molar-refractivity contribution in [3.63, 3.8) is 0 Å². The Kier molecular flexibility index (Phi) is 6.82. The highest BCUT2D eigenvalue weighted by Crippen LogP contribution is 2.35. The largest absolute Gasteiger partial charge is 0.481 e. The number of carbonyl (C=O) groups is 2. The van der Waals surface area contributed by atoms with Gasteiger partial charge in [0.1, 0.15) is 6.10 Å². The van der Waals surface area contributed by atoms with Gasteiger partial charge in [0.15, 0.2) is 0 Å². The predicted molar refractivity (Wildman–Crippen MR) is 127 cm³/mol. The summed E-state index contributed by atoms with van der Waals surface area (Å²) in [6.07, 6.45) is -1.44. The lowest BCUT2D eigenvalue weighted by molar-refractivity contribution is -0.138. The molecule has 4 rings (SSSR count). The molecule has 0 saturated carbocycles. The summed E-state index contributed by atoms with van der Waals surface area (Å²) in [7, 11) is 3.05. The van der Waals surface area contributed by atoms with E-state index in [2.05, 4.69) is 9.97 Å². The number of nitrogens with zero attached hydrogens (tertiary/aromatic N) is 4. The Hall–Kier alpha value is -4.15. The van der Waals surface area contributed by atoms with Crippen LogP contribution in [0.5, 0.6) is 5.88 Å². The van der Waals surface area contributed by atoms with Gasteiger partial charge in [-0.05, 0) is 42.8 Å². The topological polar surface area (TPSA) is 84.9 Å². The lowest BCUT2D eigenvalue weighted by atomic mass is 10.1. The summed E-state index contributed by atoms with van der Waals surface area (Å²) in [5.41, 5.74) is 1.20. The number of hydrogen-bond acceptors (Lipinski definition) is 6. The Balaban J connectivity index is 1.43. The van der Waals surface area contributed by atoms with E-state index in [0.717, 1.165) is 11.0 Å². The van der Waals surface area contributed by atoms with Gasteiger partial charge in [-0.2, -0.15) is 13.2 Å². The quantitative estimate of drug-likeness (QED) is 0.465. The summed E-state index contributed by atoms with van der Waals surface area (Å²) in [6, 6.07) is 8.85. The van der Waals surface area contributed by atoms with E-state index < -0.39 is 23.9 Å². The molecule has 3 aromatic rings. The number of pyridine rings is 2. The molecule has 1 aliphatic rings. The van der Waals surface area contributed by atoms with E-state index in [9.17, 15) is 22.8 Å². The van der Waals surface area contributed by atoms with Crippen LogP contribution in [0.15, 0.2) is 48.7 Å². The van der Waals surface area contributed by atoms with Gasteiger partial charge < -0.3 is 14.4 Å². The molecule has 1 atom stereocenters. The molecular formula is C25H23F3N4O4.